The minimum Gasteiger partial charge on any atom is -0.393 e. The van der Waals surface area contributed by atoms with Crippen LogP contribution in [0.15, 0.2) is 64.5 Å². The molecule has 0 aromatic heterocycles. The first kappa shape index (κ1) is 24.0. The van der Waals surface area contributed by atoms with Crippen molar-refractivity contribution >= 4 is 17.1 Å². The van der Waals surface area contributed by atoms with Crippen LogP contribution in [0.4, 0.5) is 0 Å². The summed E-state index contributed by atoms with van der Waals surface area (Å²) in [7, 11) is 4.08. The SMILES string of the molecule is C=C/C(=C\NC)c1ccc(C(C)=N/C(C)=C(\C)N=C(C)N(C)C2C[C@H]3CC[C@@H](C2)N3)cc1. The van der Waals surface area contributed by atoms with Crippen LogP contribution in [0.5, 0.6) is 0 Å². The zero-order valence-electron chi connectivity index (χ0n) is 20.6. The molecule has 5 nitrogen and oxygen atoms in total. The van der Waals surface area contributed by atoms with Gasteiger partial charge in [0.25, 0.3) is 0 Å². The van der Waals surface area contributed by atoms with Crippen molar-refractivity contribution in [3.63, 3.8) is 0 Å². The molecule has 1 unspecified atom stereocenters. The van der Waals surface area contributed by atoms with Gasteiger partial charge >= 0.3 is 0 Å². The van der Waals surface area contributed by atoms with Crippen molar-refractivity contribution in [1.82, 2.24) is 15.5 Å². The van der Waals surface area contributed by atoms with Crippen molar-refractivity contribution in [2.75, 3.05) is 14.1 Å². The number of allylic oxidation sites excluding steroid dienone is 4. The van der Waals surface area contributed by atoms with Gasteiger partial charge in [-0.3, -0.25) is 4.99 Å². The van der Waals surface area contributed by atoms with Crippen LogP contribution in [-0.2, 0) is 0 Å². The van der Waals surface area contributed by atoms with E-state index in [-0.39, 0.29) is 0 Å². The lowest BCUT2D eigenvalue weighted by Gasteiger charge is -2.36. The second-order valence-corrected chi connectivity index (χ2v) is 9.07. The number of nitrogens with one attached hydrogen (secondary N) is 2. The zero-order chi connectivity index (χ0) is 23.3. The van der Waals surface area contributed by atoms with Crippen molar-refractivity contribution in [1.29, 1.82) is 0 Å². The summed E-state index contributed by atoms with van der Waals surface area (Å²) in [6.45, 7) is 12.2. The number of benzene rings is 1. The predicted molar refractivity (Wildman–Crippen MR) is 138 cm³/mol. The maximum Gasteiger partial charge on any atom is 0.101 e. The van der Waals surface area contributed by atoms with Gasteiger partial charge in [-0.05, 0) is 70.1 Å². The molecular formula is C27H39N5. The highest BCUT2D eigenvalue weighted by Crippen LogP contribution is 2.29. The summed E-state index contributed by atoms with van der Waals surface area (Å²) >= 11 is 0. The standard InChI is InChI=1S/C27H39N5/c1-8-22(17-28-6)24-11-9-23(10-12-24)20(4)29-18(2)19(3)30-21(5)32(7)27-15-25-13-14-26(16-27)31-25/h8-12,17,25-28,31H,1,13-16H2,2-7H3/b19-18+,22-17+,29-20?,30-21?/t25-,26+,27?. The Morgan fingerprint density at radius 2 is 1.56 bits per heavy atom. The fraction of sp³-hybridized carbons (Fsp3) is 0.481. The summed E-state index contributed by atoms with van der Waals surface area (Å²) < 4.78 is 0. The van der Waals surface area contributed by atoms with Gasteiger partial charge in [0.15, 0.2) is 0 Å². The molecule has 2 fully saturated rings. The maximum absolute atomic E-state index is 4.91. The summed E-state index contributed by atoms with van der Waals surface area (Å²) in [5, 5.41) is 6.79. The van der Waals surface area contributed by atoms with Crippen LogP contribution in [0.25, 0.3) is 5.57 Å². The summed E-state index contributed by atoms with van der Waals surface area (Å²) in [6, 6.07) is 10.4. The van der Waals surface area contributed by atoms with E-state index < -0.39 is 0 Å². The fourth-order valence-electron chi connectivity index (χ4n) is 4.73. The van der Waals surface area contributed by atoms with Gasteiger partial charge in [-0.1, -0.05) is 36.9 Å². The van der Waals surface area contributed by atoms with E-state index in [2.05, 4.69) is 74.2 Å². The third-order valence-corrected chi connectivity index (χ3v) is 6.85. The predicted octanol–water partition coefficient (Wildman–Crippen LogP) is 5.13. The number of fused-ring (bicyclic) bond motifs is 2. The van der Waals surface area contributed by atoms with Gasteiger partial charge in [-0.15, -0.1) is 0 Å². The summed E-state index contributed by atoms with van der Waals surface area (Å²) in [6.07, 6.45) is 8.87. The molecule has 2 bridgehead atoms. The molecule has 3 rings (SSSR count). The molecule has 32 heavy (non-hydrogen) atoms. The minimum absolute atomic E-state index is 0.576. The smallest absolute Gasteiger partial charge is 0.101 e. The molecule has 3 atom stereocenters. The van der Waals surface area contributed by atoms with Crippen molar-refractivity contribution < 1.29 is 0 Å². The maximum atomic E-state index is 4.91. The lowest BCUT2D eigenvalue weighted by atomic mass is 9.98. The molecule has 2 heterocycles. The summed E-state index contributed by atoms with van der Waals surface area (Å²) in [4.78, 5) is 12.1. The van der Waals surface area contributed by atoms with Gasteiger partial charge in [0, 0.05) is 44.1 Å². The van der Waals surface area contributed by atoms with Gasteiger partial charge < -0.3 is 15.5 Å². The number of amidine groups is 1. The van der Waals surface area contributed by atoms with Gasteiger partial charge in [0.05, 0.1) is 11.4 Å². The van der Waals surface area contributed by atoms with Crippen LogP contribution < -0.4 is 10.6 Å². The first-order chi connectivity index (χ1) is 15.3. The molecule has 2 saturated heterocycles. The Morgan fingerprint density at radius 3 is 2.12 bits per heavy atom. The van der Waals surface area contributed by atoms with Crippen LogP contribution in [0.2, 0.25) is 0 Å². The number of aliphatic imine (C=N–C) groups is 2. The van der Waals surface area contributed by atoms with E-state index in [9.17, 15) is 0 Å². The van der Waals surface area contributed by atoms with Crippen molar-refractivity contribution in [3.8, 4) is 0 Å². The Hall–Kier alpha value is -2.66. The molecule has 1 aromatic carbocycles. The van der Waals surface area contributed by atoms with E-state index in [0.717, 1.165) is 39.6 Å². The molecule has 2 aliphatic rings. The second-order valence-electron chi connectivity index (χ2n) is 9.07. The van der Waals surface area contributed by atoms with Crippen LogP contribution in [0.1, 0.15) is 64.5 Å². The lowest BCUT2D eigenvalue weighted by molar-refractivity contribution is 0.243. The summed E-state index contributed by atoms with van der Waals surface area (Å²) in [5.74, 6) is 1.07. The first-order valence-corrected chi connectivity index (χ1v) is 11.7. The Morgan fingerprint density at radius 1 is 1.00 bits per heavy atom. The van der Waals surface area contributed by atoms with Crippen LogP contribution in [0, 0.1) is 0 Å². The zero-order valence-corrected chi connectivity index (χ0v) is 20.6. The number of hydrogen-bond acceptors (Lipinski definition) is 4. The lowest BCUT2D eigenvalue weighted by Crippen LogP contribution is -2.48. The molecule has 0 spiro atoms. The van der Waals surface area contributed by atoms with Crippen molar-refractivity contribution in [3.05, 3.63) is 65.6 Å². The van der Waals surface area contributed by atoms with Crippen LogP contribution in [0.3, 0.4) is 0 Å². The monoisotopic (exact) mass is 433 g/mol. The van der Waals surface area contributed by atoms with E-state index in [4.69, 9.17) is 9.98 Å². The molecule has 172 valence electrons. The van der Waals surface area contributed by atoms with E-state index in [0.29, 0.717) is 18.1 Å². The number of nitrogens with zero attached hydrogens (tertiary/aromatic N) is 3. The highest BCUT2D eigenvalue weighted by Gasteiger charge is 2.35. The van der Waals surface area contributed by atoms with E-state index in [1.807, 2.05) is 26.2 Å². The Bertz CT molecular complexity index is 923. The molecule has 0 saturated carbocycles. The third-order valence-electron chi connectivity index (χ3n) is 6.85. The van der Waals surface area contributed by atoms with E-state index >= 15 is 0 Å². The van der Waals surface area contributed by atoms with Gasteiger partial charge in [-0.2, -0.15) is 0 Å². The fourth-order valence-corrected chi connectivity index (χ4v) is 4.73. The minimum atomic E-state index is 0.576. The Labute approximate surface area is 194 Å². The molecule has 2 N–H and O–H groups in total. The normalized spacial score (nSPS) is 24.8. The van der Waals surface area contributed by atoms with E-state index in [1.165, 1.54) is 25.7 Å². The molecule has 0 radical (unpaired) electrons. The second kappa shape index (κ2) is 10.8. The average Bonchev–Trinajstić information content (AvgIpc) is 3.14. The molecule has 2 aliphatic heterocycles. The van der Waals surface area contributed by atoms with Crippen molar-refractivity contribution in [2.45, 2.75) is 71.5 Å². The Balaban J connectivity index is 1.71. The van der Waals surface area contributed by atoms with Crippen LogP contribution in [-0.4, -0.2) is 48.7 Å². The van der Waals surface area contributed by atoms with Crippen molar-refractivity contribution in [2.24, 2.45) is 9.98 Å². The topological polar surface area (TPSA) is 52.0 Å². The highest BCUT2D eigenvalue weighted by atomic mass is 15.2. The number of piperidine rings is 1. The largest absolute Gasteiger partial charge is 0.393 e. The number of rotatable bonds is 7. The van der Waals surface area contributed by atoms with Gasteiger partial charge in [0.2, 0.25) is 0 Å². The first-order valence-electron chi connectivity index (χ1n) is 11.7. The van der Waals surface area contributed by atoms with Crippen LogP contribution >= 0.6 is 0 Å². The van der Waals surface area contributed by atoms with E-state index in [1.54, 1.807) is 0 Å². The molecule has 5 heteroatoms. The molecular weight excluding hydrogens is 394 g/mol. The molecule has 1 aromatic rings. The average molecular weight is 434 g/mol. The third kappa shape index (κ3) is 5.77. The van der Waals surface area contributed by atoms with Gasteiger partial charge in [-0.25, -0.2) is 4.99 Å². The Kier molecular flexibility index (Phi) is 8.08. The molecule has 0 aliphatic carbocycles. The molecule has 0 amide bonds. The summed E-state index contributed by atoms with van der Waals surface area (Å²) in [5.41, 5.74) is 6.21. The quantitative estimate of drug-likeness (QED) is 0.356. The number of hydrogen-bond donors (Lipinski definition) is 2. The van der Waals surface area contributed by atoms with Gasteiger partial charge in [0.1, 0.15) is 5.84 Å². The highest BCUT2D eigenvalue weighted by molar-refractivity contribution is 5.99.